The van der Waals surface area contributed by atoms with Crippen molar-refractivity contribution in [3.05, 3.63) is 12.2 Å². The second-order valence-electron chi connectivity index (χ2n) is 7.85. The lowest BCUT2D eigenvalue weighted by Crippen LogP contribution is -2.60. The maximum atomic E-state index is 4.40. The Morgan fingerprint density at radius 1 is 1.38 bits per heavy atom. The van der Waals surface area contributed by atoms with E-state index < -0.39 is 0 Å². The molecule has 21 heavy (non-hydrogen) atoms. The quantitative estimate of drug-likeness (QED) is 0.923. The molecule has 1 aromatic heterocycles. The predicted octanol–water partition coefficient (Wildman–Crippen LogP) is 2.05. The Morgan fingerprint density at radius 3 is 2.62 bits per heavy atom. The van der Waals surface area contributed by atoms with E-state index in [1.54, 1.807) is 6.33 Å². The van der Waals surface area contributed by atoms with Crippen LogP contribution in [0, 0.1) is 11.3 Å². The van der Waals surface area contributed by atoms with Gasteiger partial charge in [0.2, 0.25) is 0 Å². The molecule has 2 heterocycles. The summed E-state index contributed by atoms with van der Waals surface area (Å²) in [7, 11) is 1.97. The fraction of sp³-hybridized carbons (Fsp3) is 0.875. The first kappa shape index (κ1) is 16.4. The molecule has 120 valence electrons. The van der Waals surface area contributed by atoms with E-state index in [-0.39, 0.29) is 5.41 Å². The molecule has 1 aliphatic heterocycles. The third-order valence-corrected chi connectivity index (χ3v) is 4.40. The van der Waals surface area contributed by atoms with Gasteiger partial charge >= 0.3 is 0 Å². The van der Waals surface area contributed by atoms with Gasteiger partial charge in [0.05, 0.1) is 6.54 Å². The maximum Gasteiger partial charge on any atom is 0.140 e. The number of piperazine rings is 1. The highest BCUT2D eigenvalue weighted by atomic mass is 15.3. The number of rotatable bonds is 4. The number of aryl methyl sites for hydroxylation is 1. The Balaban J connectivity index is 2.11. The Labute approximate surface area is 129 Å². The largest absolute Gasteiger partial charge is 0.311 e. The highest BCUT2D eigenvalue weighted by Crippen LogP contribution is 2.28. The third-order valence-electron chi connectivity index (χ3n) is 4.40. The average Bonchev–Trinajstić information content (AvgIpc) is 2.73. The summed E-state index contributed by atoms with van der Waals surface area (Å²) in [6.07, 6.45) is 2.88. The number of nitrogens with zero attached hydrogens (tertiary/aromatic N) is 4. The van der Waals surface area contributed by atoms with Gasteiger partial charge in [-0.15, -0.1) is 0 Å². The van der Waals surface area contributed by atoms with Crippen molar-refractivity contribution in [3.8, 4) is 0 Å². The van der Waals surface area contributed by atoms with Gasteiger partial charge in [0.1, 0.15) is 12.2 Å². The van der Waals surface area contributed by atoms with Gasteiger partial charge in [-0.2, -0.15) is 5.10 Å². The van der Waals surface area contributed by atoms with E-state index in [9.17, 15) is 0 Å². The summed E-state index contributed by atoms with van der Waals surface area (Å²) in [5.74, 6) is 1.78. The maximum absolute atomic E-state index is 4.40. The first-order valence-electron chi connectivity index (χ1n) is 8.07. The molecule has 2 rings (SSSR count). The molecule has 0 amide bonds. The van der Waals surface area contributed by atoms with Crippen LogP contribution in [0.15, 0.2) is 6.33 Å². The van der Waals surface area contributed by atoms with Crippen LogP contribution in [0.1, 0.15) is 46.9 Å². The summed E-state index contributed by atoms with van der Waals surface area (Å²) in [5, 5.41) is 7.95. The summed E-state index contributed by atoms with van der Waals surface area (Å²) in [4.78, 5) is 6.99. The lowest BCUT2D eigenvalue weighted by Gasteiger charge is -2.46. The van der Waals surface area contributed by atoms with Gasteiger partial charge in [-0.3, -0.25) is 9.58 Å². The zero-order chi connectivity index (χ0) is 15.6. The fourth-order valence-corrected chi connectivity index (χ4v) is 3.28. The van der Waals surface area contributed by atoms with Crippen LogP contribution in [-0.4, -0.2) is 44.8 Å². The van der Waals surface area contributed by atoms with Crippen LogP contribution in [0.3, 0.4) is 0 Å². The van der Waals surface area contributed by atoms with Crippen LogP contribution >= 0.6 is 0 Å². The molecule has 0 spiro atoms. The van der Waals surface area contributed by atoms with Crippen molar-refractivity contribution in [2.24, 2.45) is 18.4 Å². The molecule has 0 aliphatic carbocycles. The van der Waals surface area contributed by atoms with Crippen LogP contribution < -0.4 is 5.32 Å². The van der Waals surface area contributed by atoms with E-state index in [0.29, 0.717) is 12.1 Å². The molecular formula is C16H31N5. The third kappa shape index (κ3) is 4.27. The Morgan fingerprint density at radius 2 is 2.10 bits per heavy atom. The summed E-state index contributed by atoms with van der Waals surface area (Å²) in [5.41, 5.74) is 0.258. The smallest absolute Gasteiger partial charge is 0.140 e. The molecule has 0 aromatic carbocycles. The number of hydrogen-bond donors (Lipinski definition) is 1. The molecule has 0 radical (unpaired) electrons. The van der Waals surface area contributed by atoms with Gasteiger partial charge in [-0.25, -0.2) is 4.98 Å². The lowest BCUT2D eigenvalue weighted by atomic mass is 9.83. The number of hydrogen-bond acceptors (Lipinski definition) is 4. The van der Waals surface area contributed by atoms with Gasteiger partial charge in [0.25, 0.3) is 0 Å². The van der Waals surface area contributed by atoms with E-state index in [0.717, 1.165) is 31.4 Å². The average molecular weight is 293 g/mol. The summed E-state index contributed by atoms with van der Waals surface area (Å²) in [6, 6.07) is 1.11. The van der Waals surface area contributed by atoms with E-state index in [2.05, 4.69) is 54.9 Å². The van der Waals surface area contributed by atoms with Crippen molar-refractivity contribution in [2.45, 2.75) is 59.7 Å². The second-order valence-corrected chi connectivity index (χ2v) is 7.85. The minimum absolute atomic E-state index is 0.258. The Hall–Kier alpha value is -0.940. The van der Waals surface area contributed by atoms with Crippen molar-refractivity contribution in [1.29, 1.82) is 0 Å². The van der Waals surface area contributed by atoms with Crippen molar-refractivity contribution < 1.29 is 0 Å². The van der Waals surface area contributed by atoms with Gasteiger partial charge < -0.3 is 5.32 Å². The van der Waals surface area contributed by atoms with Gasteiger partial charge in [-0.05, 0) is 17.8 Å². The SMILES string of the molecule is CC(C)CC1CN(Cc2ncnn2C)C(C(C)(C)C)CN1. The molecule has 1 N–H and O–H groups in total. The van der Waals surface area contributed by atoms with Gasteiger partial charge in [0, 0.05) is 32.2 Å². The monoisotopic (exact) mass is 293 g/mol. The van der Waals surface area contributed by atoms with Crippen molar-refractivity contribution in [1.82, 2.24) is 25.0 Å². The van der Waals surface area contributed by atoms with E-state index >= 15 is 0 Å². The summed E-state index contributed by atoms with van der Waals surface area (Å²) in [6.45, 7) is 14.6. The standard InChI is InChI=1S/C16H31N5/c1-12(2)7-13-9-21(10-15-18-11-19-20(15)6)14(8-17-13)16(3,4)5/h11-14,17H,7-10H2,1-6H3. The van der Waals surface area contributed by atoms with Gasteiger partial charge in [-0.1, -0.05) is 34.6 Å². The van der Waals surface area contributed by atoms with Crippen molar-refractivity contribution in [3.63, 3.8) is 0 Å². The minimum Gasteiger partial charge on any atom is -0.311 e. The van der Waals surface area contributed by atoms with Crippen LogP contribution in [-0.2, 0) is 13.6 Å². The fourth-order valence-electron chi connectivity index (χ4n) is 3.28. The molecule has 5 nitrogen and oxygen atoms in total. The molecule has 0 saturated carbocycles. The van der Waals surface area contributed by atoms with Crippen LogP contribution in [0.4, 0.5) is 0 Å². The lowest BCUT2D eigenvalue weighted by molar-refractivity contribution is 0.0424. The van der Waals surface area contributed by atoms with Gasteiger partial charge in [0.15, 0.2) is 0 Å². The Kier molecular flexibility index (Phi) is 5.04. The topological polar surface area (TPSA) is 46.0 Å². The van der Waals surface area contributed by atoms with E-state index in [1.165, 1.54) is 6.42 Å². The molecule has 5 heteroatoms. The molecule has 1 fully saturated rings. The van der Waals surface area contributed by atoms with Crippen molar-refractivity contribution in [2.75, 3.05) is 13.1 Å². The van der Waals surface area contributed by atoms with E-state index in [1.807, 2.05) is 11.7 Å². The highest BCUT2D eigenvalue weighted by molar-refractivity contribution is 4.95. The zero-order valence-electron chi connectivity index (χ0n) is 14.4. The van der Waals surface area contributed by atoms with E-state index in [4.69, 9.17) is 0 Å². The highest BCUT2D eigenvalue weighted by Gasteiger charge is 2.36. The number of aromatic nitrogens is 3. The zero-order valence-corrected chi connectivity index (χ0v) is 14.4. The first-order chi connectivity index (χ1) is 9.77. The second kappa shape index (κ2) is 6.44. The van der Waals surface area contributed by atoms with Crippen LogP contribution in [0.2, 0.25) is 0 Å². The Bertz CT molecular complexity index is 446. The summed E-state index contributed by atoms with van der Waals surface area (Å²) >= 11 is 0. The first-order valence-corrected chi connectivity index (χ1v) is 8.07. The molecule has 2 atom stereocenters. The molecule has 1 saturated heterocycles. The van der Waals surface area contributed by atoms with Crippen LogP contribution in [0.5, 0.6) is 0 Å². The summed E-state index contributed by atoms with van der Waals surface area (Å²) < 4.78 is 1.89. The number of nitrogens with one attached hydrogen (secondary N) is 1. The molecule has 0 bridgehead atoms. The van der Waals surface area contributed by atoms with Crippen molar-refractivity contribution >= 4 is 0 Å². The molecule has 2 unspecified atom stereocenters. The molecular weight excluding hydrogens is 262 g/mol. The molecule has 1 aliphatic rings. The minimum atomic E-state index is 0.258. The predicted molar refractivity (Wildman–Crippen MR) is 85.9 cm³/mol. The van der Waals surface area contributed by atoms with Crippen LogP contribution in [0.25, 0.3) is 0 Å². The molecule has 1 aromatic rings. The normalized spacial score (nSPS) is 24.7.